The summed E-state index contributed by atoms with van der Waals surface area (Å²) in [4.78, 5) is 0. The third-order valence-corrected chi connectivity index (χ3v) is 3.79. The summed E-state index contributed by atoms with van der Waals surface area (Å²) >= 11 is 3.55. The van der Waals surface area contributed by atoms with Crippen LogP contribution in [0.4, 0.5) is 0 Å². The fourth-order valence-corrected chi connectivity index (χ4v) is 2.85. The molecule has 0 atom stereocenters. The zero-order valence-electron chi connectivity index (χ0n) is 8.94. The number of rotatable bonds is 0. The SMILES string of the molecule is CC1(C)CCCCc2cc(Br)ccc21. The molecule has 0 N–H and O–H groups in total. The van der Waals surface area contributed by atoms with Crippen LogP contribution in [0.2, 0.25) is 0 Å². The molecule has 0 amide bonds. The van der Waals surface area contributed by atoms with E-state index in [1.807, 2.05) is 0 Å². The molecule has 0 saturated carbocycles. The van der Waals surface area contributed by atoms with E-state index in [0.717, 1.165) is 0 Å². The minimum Gasteiger partial charge on any atom is -0.0571 e. The van der Waals surface area contributed by atoms with Crippen molar-refractivity contribution in [2.24, 2.45) is 0 Å². The molecule has 0 unspecified atom stereocenters. The van der Waals surface area contributed by atoms with Crippen molar-refractivity contribution in [1.29, 1.82) is 0 Å². The predicted octanol–water partition coefficient (Wildman–Crippen LogP) is 4.45. The zero-order valence-corrected chi connectivity index (χ0v) is 10.5. The maximum Gasteiger partial charge on any atom is 0.0178 e. The minimum absolute atomic E-state index is 0.368. The first-order valence-electron chi connectivity index (χ1n) is 5.38. The summed E-state index contributed by atoms with van der Waals surface area (Å²) < 4.78 is 1.22. The van der Waals surface area contributed by atoms with Crippen molar-refractivity contribution >= 4 is 15.9 Å². The summed E-state index contributed by atoms with van der Waals surface area (Å²) in [6, 6.07) is 6.76. The average molecular weight is 253 g/mol. The summed E-state index contributed by atoms with van der Waals surface area (Å²) in [6.07, 6.45) is 5.27. The highest BCUT2D eigenvalue weighted by atomic mass is 79.9. The van der Waals surface area contributed by atoms with Gasteiger partial charge in [-0.1, -0.05) is 42.3 Å². The number of fused-ring (bicyclic) bond motifs is 1. The van der Waals surface area contributed by atoms with E-state index in [4.69, 9.17) is 0 Å². The Balaban J connectivity index is 2.50. The smallest absolute Gasteiger partial charge is 0.0178 e. The Morgan fingerprint density at radius 3 is 2.79 bits per heavy atom. The molecule has 0 heterocycles. The van der Waals surface area contributed by atoms with Gasteiger partial charge in [-0.15, -0.1) is 0 Å². The highest BCUT2D eigenvalue weighted by Gasteiger charge is 2.25. The third-order valence-electron chi connectivity index (χ3n) is 3.29. The lowest BCUT2D eigenvalue weighted by molar-refractivity contribution is 0.468. The summed E-state index contributed by atoms with van der Waals surface area (Å²) in [7, 11) is 0. The zero-order chi connectivity index (χ0) is 10.2. The van der Waals surface area contributed by atoms with Crippen molar-refractivity contribution in [3.8, 4) is 0 Å². The molecule has 0 bridgehead atoms. The molecule has 0 aromatic heterocycles. The van der Waals surface area contributed by atoms with E-state index < -0.39 is 0 Å². The number of benzene rings is 1. The first-order valence-corrected chi connectivity index (χ1v) is 6.18. The second-order valence-electron chi connectivity index (χ2n) is 4.89. The lowest BCUT2D eigenvalue weighted by atomic mass is 9.80. The van der Waals surface area contributed by atoms with Gasteiger partial charge in [-0.05, 0) is 47.9 Å². The number of hydrogen-bond donors (Lipinski definition) is 0. The Kier molecular flexibility index (Phi) is 2.70. The van der Waals surface area contributed by atoms with Crippen LogP contribution < -0.4 is 0 Å². The van der Waals surface area contributed by atoms with Gasteiger partial charge in [0.25, 0.3) is 0 Å². The molecule has 2 rings (SSSR count). The molecule has 0 aliphatic heterocycles. The van der Waals surface area contributed by atoms with Gasteiger partial charge in [0.2, 0.25) is 0 Å². The molecule has 0 spiro atoms. The first-order chi connectivity index (χ1) is 6.59. The van der Waals surface area contributed by atoms with Gasteiger partial charge >= 0.3 is 0 Å². The Labute approximate surface area is 94.8 Å². The van der Waals surface area contributed by atoms with Crippen LogP contribution in [0.5, 0.6) is 0 Å². The normalized spacial score (nSPS) is 19.9. The molecule has 1 aliphatic rings. The van der Waals surface area contributed by atoms with Gasteiger partial charge in [0.15, 0.2) is 0 Å². The Morgan fingerprint density at radius 2 is 2.00 bits per heavy atom. The van der Waals surface area contributed by atoms with Crippen molar-refractivity contribution < 1.29 is 0 Å². The first kappa shape index (κ1) is 10.2. The summed E-state index contributed by atoms with van der Waals surface area (Å²) in [5.41, 5.74) is 3.46. The molecule has 76 valence electrons. The van der Waals surface area contributed by atoms with Gasteiger partial charge in [0.05, 0.1) is 0 Å². The van der Waals surface area contributed by atoms with Crippen molar-refractivity contribution in [1.82, 2.24) is 0 Å². The van der Waals surface area contributed by atoms with E-state index in [-0.39, 0.29) is 0 Å². The molecule has 1 aromatic carbocycles. The molecule has 1 heteroatoms. The standard InChI is InChI=1S/C13H17Br/c1-13(2)8-4-3-5-10-9-11(14)6-7-12(10)13/h6-7,9H,3-5,8H2,1-2H3. The van der Waals surface area contributed by atoms with Crippen molar-refractivity contribution in [3.63, 3.8) is 0 Å². The van der Waals surface area contributed by atoms with Gasteiger partial charge in [0, 0.05) is 4.47 Å². The maximum absolute atomic E-state index is 3.55. The molecule has 0 radical (unpaired) electrons. The van der Waals surface area contributed by atoms with Crippen LogP contribution in [0.3, 0.4) is 0 Å². The largest absolute Gasteiger partial charge is 0.0571 e. The topological polar surface area (TPSA) is 0 Å². The molecular weight excluding hydrogens is 236 g/mol. The van der Waals surface area contributed by atoms with Gasteiger partial charge in [-0.3, -0.25) is 0 Å². The van der Waals surface area contributed by atoms with E-state index in [1.165, 1.54) is 30.2 Å². The Bertz CT molecular complexity index is 339. The highest BCUT2D eigenvalue weighted by Crippen LogP contribution is 2.36. The van der Waals surface area contributed by atoms with Crippen LogP contribution in [0.15, 0.2) is 22.7 Å². The van der Waals surface area contributed by atoms with E-state index in [9.17, 15) is 0 Å². The fraction of sp³-hybridized carbons (Fsp3) is 0.538. The van der Waals surface area contributed by atoms with E-state index in [0.29, 0.717) is 5.41 Å². The van der Waals surface area contributed by atoms with E-state index in [1.54, 1.807) is 11.1 Å². The third kappa shape index (κ3) is 1.88. The van der Waals surface area contributed by atoms with Crippen LogP contribution in [0.25, 0.3) is 0 Å². The van der Waals surface area contributed by atoms with Crippen LogP contribution in [-0.2, 0) is 11.8 Å². The number of hydrogen-bond acceptors (Lipinski definition) is 0. The molecule has 0 fully saturated rings. The van der Waals surface area contributed by atoms with Gasteiger partial charge in [0.1, 0.15) is 0 Å². The lowest BCUT2D eigenvalue weighted by Crippen LogP contribution is -2.17. The van der Waals surface area contributed by atoms with Crippen LogP contribution in [0, 0.1) is 0 Å². The van der Waals surface area contributed by atoms with Crippen molar-refractivity contribution in [2.45, 2.75) is 44.9 Å². The fourth-order valence-electron chi connectivity index (χ4n) is 2.45. The minimum atomic E-state index is 0.368. The highest BCUT2D eigenvalue weighted by molar-refractivity contribution is 9.10. The number of halogens is 1. The predicted molar refractivity (Wildman–Crippen MR) is 64.7 cm³/mol. The summed E-state index contributed by atoms with van der Waals surface area (Å²) in [5.74, 6) is 0. The van der Waals surface area contributed by atoms with Crippen LogP contribution in [0.1, 0.15) is 44.2 Å². The molecule has 0 saturated heterocycles. The van der Waals surface area contributed by atoms with Crippen molar-refractivity contribution in [3.05, 3.63) is 33.8 Å². The number of aryl methyl sites for hydroxylation is 1. The lowest BCUT2D eigenvalue weighted by Gasteiger charge is -2.25. The van der Waals surface area contributed by atoms with Crippen LogP contribution >= 0.6 is 15.9 Å². The van der Waals surface area contributed by atoms with Crippen molar-refractivity contribution in [2.75, 3.05) is 0 Å². The quantitative estimate of drug-likeness (QED) is 0.599. The monoisotopic (exact) mass is 252 g/mol. The average Bonchev–Trinajstić information content (AvgIpc) is 2.25. The molecule has 14 heavy (non-hydrogen) atoms. The molecule has 1 aromatic rings. The van der Waals surface area contributed by atoms with E-state index in [2.05, 4.69) is 48.0 Å². The molecule has 0 nitrogen and oxygen atoms in total. The Morgan fingerprint density at radius 1 is 1.21 bits per heavy atom. The van der Waals surface area contributed by atoms with Gasteiger partial charge < -0.3 is 0 Å². The molecular formula is C13H17Br. The second-order valence-corrected chi connectivity index (χ2v) is 5.81. The summed E-state index contributed by atoms with van der Waals surface area (Å²) in [6.45, 7) is 4.73. The Hall–Kier alpha value is -0.300. The van der Waals surface area contributed by atoms with Gasteiger partial charge in [-0.2, -0.15) is 0 Å². The van der Waals surface area contributed by atoms with E-state index >= 15 is 0 Å². The second kappa shape index (κ2) is 3.69. The summed E-state index contributed by atoms with van der Waals surface area (Å²) in [5, 5.41) is 0. The maximum atomic E-state index is 3.55. The van der Waals surface area contributed by atoms with Crippen LogP contribution in [-0.4, -0.2) is 0 Å². The van der Waals surface area contributed by atoms with Gasteiger partial charge in [-0.25, -0.2) is 0 Å². The molecule has 1 aliphatic carbocycles.